The van der Waals surface area contributed by atoms with Gasteiger partial charge in [0.25, 0.3) is 0 Å². The predicted molar refractivity (Wildman–Crippen MR) is 55.9 cm³/mol. The molecule has 0 aliphatic carbocycles. The molecule has 0 saturated heterocycles. The number of rotatable bonds is 4. The molecule has 1 rings (SSSR count). The fraction of sp³-hybridized carbons (Fsp3) is 0.300. The number of anilines is 1. The molecule has 0 atom stereocenters. The van der Waals surface area contributed by atoms with Crippen molar-refractivity contribution < 1.29 is 13.2 Å². The monoisotopic (exact) mass is 231 g/mol. The lowest BCUT2D eigenvalue weighted by Gasteiger charge is -2.08. The second kappa shape index (κ2) is 5.50. The van der Waals surface area contributed by atoms with Gasteiger partial charge < -0.3 is 11.1 Å². The van der Waals surface area contributed by atoms with Crippen LogP contribution < -0.4 is 11.1 Å². The van der Waals surface area contributed by atoms with Gasteiger partial charge in [0.1, 0.15) is 5.82 Å². The van der Waals surface area contributed by atoms with Crippen molar-refractivity contribution >= 4 is 5.82 Å². The number of hydrogen-bond acceptors (Lipinski definition) is 3. The molecular formula is C10H12F3N3. The summed E-state index contributed by atoms with van der Waals surface area (Å²) >= 11 is 0. The Morgan fingerprint density at radius 2 is 2.12 bits per heavy atom. The molecule has 0 radical (unpaired) electrons. The van der Waals surface area contributed by atoms with Crippen LogP contribution in [0.1, 0.15) is 5.56 Å². The van der Waals surface area contributed by atoms with E-state index in [4.69, 9.17) is 5.73 Å². The fourth-order valence-corrected chi connectivity index (χ4v) is 1.05. The average molecular weight is 231 g/mol. The molecule has 3 N–H and O–H groups in total. The van der Waals surface area contributed by atoms with E-state index in [1.54, 1.807) is 12.2 Å². The number of alkyl halides is 3. The van der Waals surface area contributed by atoms with Crippen LogP contribution in [0.2, 0.25) is 0 Å². The van der Waals surface area contributed by atoms with E-state index in [2.05, 4.69) is 10.3 Å². The Balaban J connectivity index is 2.65. The maximum Gasteiger partial charge on any atom is 0.416 e. The van der Waals surface area contributed by atoms with Crippen molar-refractivity contribution in [2.45, 2.75) is 6.18 Å². The van der Waals surface area contributed by atoms with Gasteiger partial charge in [0.2, 0.25) is 0 Å². The van der Waals surface area contributed by atoms with Crippen molar-refractivity contribution in [1.82, 2.24) is 4.98 Å². The first kappa shape index (κ1) is 12.5. The highest BCUT2D eigenvalue weighted by atomic mass is 19.4. The highest BCUT2D eigenvalue weighted by Gasteiger charge is 2.30. The summed E-state index contributed by atoms with van der Waals surface area (Å²) in [4.78, 5) is 3.77. The van der Waals surface area contributed by atoms with E-state index in [9.17, 15) is 13.2 Å². The predicted octanol–water partition coefficient (Wildman–Crippen LogP) is 2.03. The second-order valence-corrected chi connectivity index (χ2v) is 3.02. The summed E-state index contributed by atoms with van der Waals surface area (Å²) in [6.07, 6.45) is 0.215. The van der Waals surface area contributed by atoms with Crippen LogP contribution in [0.25, 0.3) is 0 Å². The molecule has 0 aromatic carbocycles. The minimum atomic E-state index is -4.34. The molecule has 0 spiro atoms. The third-order valence-electron chi connectivity index (χ3n) is 1.79. The summed E-state index contributed by atoms with van der Waals surface area (Å²) in [5.41, 5.74) is 4.50. The smallest absolute Gasteiger partial charge is 0.367 e. The van der Waals surface area contributed by atoms with Crippen LogP contribution in [0.5, 0.6) is 0 Å². The zero-order valence-electron chi connectivity index (χ0n) is 8.46. The molecule has 3 nitrogen and oxygen atoms in total. The Morgan fingerprint density at radius 3 is 2.75 bits per heavy atom. The molecule has 0 bridgehead atoms. The molecule has 0 unspecified atom stereocenters. The number of halogens is 3. The van der Waals surface area contributed by atoms with Crippen LogP contribution in [0.4, 0.5) is 19.0 Å². The molecule has 0 aliphatic rings. The minimum absolute atomic E-state index is 0.191. The standard InChI is InChI=1S/C10H12F3N3/c11-10(12,13)8-3-6-16-9(7-8)15-5-2-1-4-14/h1-3,6-7H,4-5,14H2,(H,15,16)/b2-1+. The lowest BCUT2D eigenvalue weighted by Crippen LogP contribution is -2.07. The number of aromatic nitrogens is 1. The number of pyridine rings is 1. The van der Waals surface area contributed by atoms with Gasteiger partial charge in [-0.3, -0.25) is 0 Å². The molecule has 1 aromatic rings. The van der Waals surface area contributed by atoms with E-state index >= 15 is 0 Å². The van der Waals surface area contributed by atoms with E-state index in [0.717, 1.165) is 18.3 Å². The van der Waals surface area contributed by atoms with Crippen LogP contribution >= 0.6 is 0 Å². The largest absolute Gasteiger partial charge is 0.416 e. The van der Waals surface area contributed by atoms with Crippen LogP contribution in [-0.4, -0.2) is 18.1 Å². The molecule has 0 saturated carbocycles. The highest BCUT2D eigenvalue weighted by molar-refractivity contribution is 5.39. The maximum atomic E-state index is 12.3. The molecule has 6 heteroatoms. The van der Waals surface area contributed by atoms with Crippen LogP contribution in [-0.2, 0) is 6.18 Å². The van der Waals surface area contributed by atoms with E-state index in [1.807, 2.05) is 0 Å². The van der Waals surface area contributed by atoms with Crippen LogP contribution in [0.3, 0.4) is 0 Å². The maximum absolute atomic E-state index is 12.3. The van der Waals surface area contributed by atoms with Gasteiger partial charge in [0, 0.05) is 19.3 Å². The van der Waals surface area contributed by atoms with Crippen LogP contribution in [0.15, 0.2) is 30.5 Å². The van der Waals surface area contributed by atoms with Crippen molar-refractivity contribution in [2.24, 2.45) is 5.73 Å². The lowest BCUT2D eigenvalue weighted by atomic mass is 10.2. The molecule has 0 fully saturated rings. The summed E-state index contributed by atoms with van der Waals surface area (Å²) < 4.78 is 37.0. The van der Waals surface area contributed by atoms with Gasteiger partial charge >= 0.3 is 6.18 Å². The Kier molecular flexibility index (Phi) is 4.30. The van der Waals surface area contributed by atoms with Crippen molar-refractivity contribution in [3.8, 4) is 0 Å². The van der Waals surface area contributed by atoms with Crippen molar-refractivity contribution in [2.75, 3.05) is 18.4 Å². The van der Waals surface area contributed by atoms with Crippen molar-refractivity contribution in [3.05, 3.63) is 36.0 Å². The molecule has 0 amide bonds. The summed E-state index contributed by atoms with van der Waals surface area (Å²) in [7, 11) is 0. The van der Waals surface area contributed by atoms with Crippen molar-refractivity contribution in [1.29, 1.82) is 0 Å². The zero-order chi connectivity index (χ0) is 12.0. The SMILES string of the molecule is NC/C=C/CNc1cc(C(F)(F)F)ccn1. The minimum Gasteiger partial charge on any atom is -0.367 e. The second-order valence-electron chi connectivity index (χ2n) is 3.02. The van der Waals surface area contributed by atoms with Crippen molar-refractivity contribution in [3.63, 3.8) is 0 Å². The van der Waals surface area contributed by atoms with Gasteiger partial charge in [-0.25, -0.2) is 4.98 Å². The summed E-state index contributed by atoms with van der Waals surface area (Å²) in [5.74, 6) is 0.191. The first-order chi connectivity index (χ1) is 7.54. The Hall–Kier alpha value is -1.56. The third-order valence-corrected chi connectivity index (χ3v) is 1.79. The molecule has 1 heterocycles. The highest BCUT2D eigenvalue weighted by Crippen LogP contribution is 2.29. The molecule has 1 aromatic heterocycles. The number of nitrogens with two attached hydrogens (primary N) is 1. The van der Waals surface area contributed by atoms with Gasteiger partial charge in [-0.05, 0) is 12.1 Å². The van der Waals surface area contributed by atoms with Crippen LogP contribution in [0, 0.1) is 0 Å². The van der Waals surface area contributed by atoms with Gasteiger partial charge in [0.15, 0.2) is 0 Å². The number of nitrogens with zero attached hydrogens (tertiary/aromatic N) is 1. The van der Waals surface area contributed by atoms with E-state index in [0.29, 0.717) is 13.1 Å². The molecule has 16 heavy (non-hydrogen) atoms. The topological polar surface area (TPSA) is 50.9 Å². The third kappa shape index (κ3) is 3.90. The van der Waals surface area contributed by atoms with E-state index in [-0.39, 0.29) is 5.82 Å². The first-order valence-corrected chi connectivity index (χ1v) is 4.66. The van der Waals surface area contributed by atoms with Gasteiger partial charge in [-0.15, -0.1) is 0 Å². The normalized spacial score (nSPS) is 12.0. The van der Waals surface area contributed by atoms with Gasteiger partial charge in [0.05, 0.1) is 5.56 Å². The Morgan fingerprint density at radius 1 is 1.38 bits per heavy atom. The van der Waals surface area contributed by atoms with Gasteiger partial charge in [-0.2, -0.15) is 13.2 Å². The molecular weight excluding hydrogens is 219 g/mol. The summed E-state index contributed by atoms with van der Waals surface area (Å²) in [6.45, 7) is 0.795. The first-order valence-electron chi connectivity index (χ1n) is 4.66. The summed E-state index contributed by atoms with van der Waals surface area (Å²) in [6, 6.07) is 1.90. The zero-order valence-corrected chi connectivity index (χ0v) is 8.46. The molecule has 0 aliphatic heterocycles. The Labute approximate surface area is 91.2 Å². The quantitative estimate of drug-likeness (QED) is 0.779. The molecule has 88 valence electrons. The Bertz CT molecular complexity index is 361. The average Bonchev–Trinajstić information content (AvgIpc) is 2.24. The fourth-order valence-electron chi connectivity index (χ4n) is 1.05. The van der Waals surface area contributed by atoms with E-state index in [1.165, 1.54) is 0 Å². The number of nitrogens with one attached hydrogen (secondary N) is 1. The summed E-state index contributed by atoms with van der Waals surface area (Å²) in [5, 5.41) is 2.74. The van der Waals surface area contributed by atoms with Gasteiger partial charge in [-0.1, -0.05) is 12.2 Å². The lowest BCUT2D eigenvalue weighted by molar-refractivity contribution is -0.137. The number of hydrogen-bond donors (Lipinski definition) is 2. The van der Waals surface area contributed by atoms with E-state index < -0.39 is 11.7 Å².